The lowest BCUT2D eigenvalue weighted by Gasteiger charge is -2.44. The second-order valence-corrected chi connectivity index (χ2v) is 6.39. The van der Waals surface area contributed by atoms with Crippen LogP contribution < -0.4 is 0 Å². The summed E-state index contributed by atoms with van der Waals surface area (Å²) in [5.74, 6) is -2.09. The van der Waals surface area contributed by atoms with Crippen molar-refractivity contribution in [3.05, 3.63) is 20.9 Å². The Bertz CT molecular complexity index is 747. The van der Waals surface area contributed by atoms with Crippen molar-refractivity contribution >= 4 is 12.1 Å². The fourth-order valence-corrected chi connectivity index (χ4v) is 3.32. The predicted molar refractivity (Wildman–Crippen MR) is 81.7 cm³/mol. The van der Waals surface area contributed by atoms with E-state index in [4.69, 9.17) is 34.7 Å². The van der Waals surface area contributed by atoms with Gasteiger partial charge in [-0.1, -0.05) is 5.11 Å². The highest BCUT2D eigenvalue weighted by Gasteiger charge is 2.66. The number of azide groups is 2. The second kappa shape index (κ2) is 6.76. The molecule has 3 fully saturated rings. The molecule has 0 spiro atoms. The highest BCUT2D eigenvalue weighted by atomic mass is 16.8. The molecule has 3 heterocycles. The zero-order valence-corrected chi connectivity index (χ0v) is 14.5. The predicted octanol–water partition coefficient (Wildman–Crippen LogP) is 1.30. The van der Waals surface area contributed by atoms with Gasteiger partial charge >= 0.3 is 12.1 Å². The lowest BCUT2D eigenvalue weighted by molar-refractivity contribution is -0.239. The quantitative estimate of drug-likeness (QED) is 0.300. The number of carbonyl (C=O) groups is 2. The molecule has 0 aromatic heterocycles. The first-order valence-electron chi connectivity index (χ1n) is 7.83. The maximum atomic E-state index is 12.5. The number of hydrogen-bond donors (Lipinski definition) is 0. The van der Waals surface area contributed by atoms with Crippen molar-refractivity contribution in [1.82, 2.24) is 0 Å². The normalized spacial score (nSPS) is 39.2. The highest BCUT2D eigenvalue weighted by molar-refractivity contribution is 5.81. The number of rotatable bonds is 4. The van der Waals surface area contributed by atoms with Crippen LogP contribution in [0.1, 0.15) is 13.8 Å². The van der Waals surface area contributed by atoms with Crippen molar-refractivity contribution in [2.75, 3.05) is 13.7 Å². The van der Waals surface area contributed by atoms with Crippen LogP contribution in [0.3, 0.4) is 0 Å². The van der Waals surface area contributed by atoms with Gasteiger partial charge < -0.3 is 28.4 Å². The van der Waals surface area contributed by atoms with E-state index in [9.17, 15) is 9.59 Å². The monoisotopic (exact) mass is 384 g/mol. The Labute approximate surface area is 151 Å². The van der Waals surface area contributed by atoms with E-state index in [0.29, 0.717) is 0 Å². The summed E-state index contributed by atoms with van der Waals surface area (Å²) in [5.41, 5.74) is 15.5. The molecule has 14 nitrogen and oxygen atoms in total. The molecule has 146 valence electrons. The Hall–Kier alpha value is -2.76. The zero-order valence-electron chi connectivity index (χ0n) is 14.5. The van der Waals surface area contributed by atoms with E-state index in [1.165, 1.54) is 0 Å². The summed E-state index contributed by atoms with van der Waals surface area (Å²) in [7, 11) is 1.03. The van der Waals surface area contributed by atoms with Gasteiger partial charge in [-0.05, 0) is 30.0 Å². The van der Waals surface area contributed by atoms with Gasteiger partial charge in [0.15, 0.2) is 18.0 Å². The number of ether oxygens (including phenoxy) is 6. The van der Waals surface area contributed by atoms with Gasteiger partial charge in [-0.15, -0.1) is 0 Å². The summed E-state index contributed by atoms with van der Waals surface area (Å²) in [6.07, 6.45) is -5.35. The third-order valence-corrected chi connectivity index (χ3v) is 4.38. The molecule has 0 amide bonds. The molecule has 0 aromatic carbocycles. The molecular formula is C13H16N6O8. The van der Waals surface area contributed by atoms with E-state index in [0.717, 1.165) is 7.11 Å². The fourth-order valence-electron chi connectivity index (χ4n) is 3.32. The molecule has 3 saturated heterocycles. The van der Waals surface area contributed by atoms with Crippen LogP contribution in [0, 0.1) is 0 Å². The van der Waals surface area contributed by atoms with Gasteiger partial charge in [-0.3, -0.25) is 0 Å². The first kappa shape index (κ1) is 19.0. The first-order chi connectivity index (χ1) is 12.8. The van der Waals surface area contributed by atoms with Crippen LogP contribution in [-0.4, -0.2) is 67.8 Å². The second-order valence-electron chi connectivity index (χ2n) is 6.39. The largest absolute Gasteiger partial charge is 0.509 e. The van der Waals surface area contributed by atoms with Crippen molar-refractivity contribution in [3.63, 3.8) is 0 Å². The lowest BCUT2D eigenvalue weighted by Crippen LogP contribution is -2.67. The molecule has 0 radical (unpaired) electrons. The van der Waals surface area contributed by atoms with Gasteiger partial charge in [-0.25, -0.2) is 9.59 Å². The lowest BCUT2D eigenvalue weighted by atomic mass is 9.87. The maximum absolute atomic E-state index is 12.5. The van der Waals surface area contributed by atoms with E-state index >= 15 is 0 Å². The van der Waals surface area contributed by atoms with Crippen molar-refractivity contribution in [3.8, 4) is 0 Å². The standard InChI is InChI=1S/C13H16N6O8/c1-12(2)23-4-5(26-12)6-7-8(25-11(21)24-7)9(16-18-14)13(27-6,17-19-15)10(20)22-3/h5-9H,4H2,1-3H3/t5-,6?,7+,8+,9?,13+/m1/s1. The van der Waals surface area contributed by atoms with Gasteiger partial charge in [0.2, 0.25) is 0 Å². The van der Waals surface area contributed by atoms with Gasteiger partial charge in [0.1, 0.15) is 18.2 Å². The molecule has 0 aromatic rings. The van der Waals surface area contributed by atoms with E-state index in [2.05, 4.69) is 24.8 Å². The van der Waals surface area contributed by atoms with Crippen molar-refractivity contribution in [2.24, 2.45) is 10.2 Å². The zero-order chi connectivity index (χ0) is 19.8. The molecule has 0 N–H and O–H groups in total. The topological polar surface area (TPSA) is 187 Å². The maximum Gasteiger partial charge on any atom is 0.509 e. The molecule has 0 saturated carbocycles. The van der Waals surface area contributed by atoms with Crippen molar-refractivity contribution in [1.29, 1.82) is 0 Å². The van der Waals surface area contributed by atoms with Gasteiger partial charge in [0.25, 0.3) is 5.72 Å². The Balaban J connectivity index is 2.09. The van der Waals surface area contributed by atoms with Crippen LogP contribution in [0.15, 0.2) is 10.2 Å². The molecule has 0 bridgehead atoms. The van der Waals surface area contributed by atoms with Crippen LogP contribution in [-0.2, 0) is 33.2 Å². The summed E-state index contributed by atoms with van der Waals surface area (Å²) in [6.45, 7) is 3.36. The smallest absolute Gasteiger partial charge is 0.467 e. The number of fused-ring (bicyclic) bond motifs is 1. The van der Waals surface area contributed by atoms with Crippen molar-refractivity contribution in [2.45, 2.75) is 55.8 Å². The first-order valence-corrected chi connectivity index (χ1v) is 7.83. The molecule has 0 aliphatic carbocycles. The minimum Gasteiger partial charge on any atom is -0.467 e. The van der Waals surface area contributed by atoms with E-state index < -0.39 is 54.1 Å². The SMILES string of the molecule is COC(=O)[C@@]1(N=[N+]=[N-])OC([C@H]2COC(C)(C)O2)[C@@H]2OC(=O)O[C@@H]2C1N=[N+]=[N-]. The average molecular weight is 384 g/mol. The van der Waals surface area contributed by atoms with Crippen LogP contribution in [0.5, 0.6) is 0 Å². The van der Waals surface area contributed by atoms with E-state index in [1.807, 2.05) is 0 Å². The molecule has 14 heteroatoms. The number of carbonyl (C=O) groups excluding carboxylic acids is 2. The molecule has 3 rings (SSSR count). The van der Waals surface area contributed by atoms with Crippen molar-refractivity contribution < 1.29 is 38.0 Å². The minimum absolute atomic E-state index is 0.0398. The van der Waals surface area contributed by atoms with Gasteiger partial charge in [-0.2, -0.15) is 0 Å². The third-order valence-electron chi connectivity index (χ3n) is 4.38. The molecule has 3 aliphatic rings. The molecule has 2 unspecified atom stereocenters. The summed E-state index contributed by atoms with van der Waals surface area (Å²) in [6, 6.07) is -1.56. The highest BCUT2D eigenvalue weighted by Crippen LogP contribution is 2.43. The summed E-state index contributed by atoms with van der Waals surface area (Å²) in [5, 5.41) is 6.86. The number of esters is 1. The Kier molecular flexibility index (Phi) is 4.76. The third kappa shape index (κ3) is 3.09. The Morgan fingerprint density at radius 3 is 2.44 bits per heavy atom. The average Bonchev–Trinajstić information content (AvgIpc) is 3.18. The van der Waals surface area contributed by atoms with Crippen LogP contribution >= 0.6 is 0 Å². The number of nitrogens with zero attached hydrogens (tertiary/aromatic N) is 6. The van der Waals surface area contributed by atoms with Crippen LogP contribution in [0.2, 0.25) is 0 Å². The molecule has 3 aliphatic heterocycles. The number of methoxy groups -OCH3 is 1. The number of hydrogen-bond acceptors (Lipinski definition) is 10. The van der Waals surface area contributed by atoms with Crippen LogP contribution in [0.25, 0.3) is 20.9 Å². The Morgan fingerprint density at radius 2 is 1.89 bits per heavy atom. The van der Waals surface area contributed by atoms with E-state index in [1.54, 1.807) is 13.8 Å². The molecule has 6 atom stereocenters. The fraction of sp³-hybridized carbons (Fsp3) is 0.846. The molecule has 27 heavy (non-hydrogen) atoms. The van der Waals surface area contributed by atoms with E-state index in [-0.39, 0.29) is 6.61 Å². The summed E-state index contributed by atoms with van der Waals surface area (Å²) < 4.78 is 31.8. The minimum atomic E-state index is -2.42. The van der Waals surface area contributed by atoms with Gasteiger partial charge in [0, 0.05) is 9.82 Å². The molecular weight excluding hydrogens is 368 g/mol. The van der Waals surface area contributed by atoms with Crippen LogP contribution in [0.4, 0.5) is 4.79 Å². The summed E-state index contributed by atoms with van der Waals surface area (Å²) >= 11 is 0. The summed E-state index contributed by atoms with van der Waals surface area (Å²) in [4.78, 5) is 29.5. The van der Waals surface area contributed by atoms with Gasteiger partial charge in [0.05, 0.1) is 13.7 Å². The Morgan fingerprint density at radius 1 is 1.19 bits per heavy atom.